The number of benzene rings is 3. The highest BCUT2D eigenvalue weighted by Crippen LogP contribution is 2.41. The van der Waals surface area contributed by atoms with Gasteiger partial charge in [0.05, 0.1) is 6.10 Å². The van der Waals surface area contributed by atoms with Gasteiger partial charge in [-0.15, -0.1) is 0 Å². The Morgan fingerprint density at radius 2 is 1.06 bits per heavy atom. The van der Waals surface area contributed by atoms with Crippen LogP contribution in [0.15, 0.2) is 91.0 Å². The summed E-state index contributed by atoms with van der Waals surface area (Å²) in [5.74, 6) is 0. The Bertz CT molecular complexity index is 865. The van der Waals surface area contributed by atoms with Gasteiger partial charge < -0.3 is 19.3 Å². The highest BCUT2D eigenvalue weighted by atomic mass is 16.5. The fourth-order valence-corrected chi connectivity index (χ4v) is 4.18. The summed E-state index contributed by atoms with van der Waals surface area (Å²) in [6, 6.07) is 31.5. The zero-order chi connectivity index (χ0) is 26.2. The van der Waals surface area contributed by atoms with E-state index in [1.54, 1.807) is 0 Å². The lowest BCUT2D eigenvalue weighted by Crippen LogP contribution is -2.26. The highest BCUT2D eigenvalue weighted by molar-refractivity contribution is 5.37. The lowest BCUT2D eigenvalue weighted by molar-refractivity contribution is 0.0360. The average molecular weight is 491 g/mol. The second-order valence-corrected chi connectivity index (χ2v) is 10.1. The van der Waals surface area contributed by atoms with Gasteiger partial charge in [0, 0.05) is 13.2 Å². The molecule has 36 heavy (non-hydrogen) atoms. The van der Waals surface area contributed by atoms with Crippen LogP contribution in [0.3, 0.4) is 0 Å². The molecule has 0 aliphatic carbocycles. The van der Waals surface area contributed by atoms with Gasteiger partial charge in [0.2, 0.25) is 0 Å². The smallest absolute Gasteiger partial charge is 0.118 e. The summed E-state index contributed by atoms with van der Waals surface area (Å²) in [5, 5.41) is 0. The first-order chi connectivity index (χ1) is 17.3. The molecular weight excluding hydrogens is 444 g/mol. The summed E-state index contributed by atoms with van der Waals surface area (Å²) < 4.78 is 11.7. The van der Waals surface area contributed by atoms with Crippen molar-refractivity contribution in [3.05, 3.63) is 108 Å². The van der Waals surface area contributed by atoms with E-state index >= 15 is 0 Å². The predicted octanol–water partition coefficient (Wildman–Crippen LogP) is 6.63. The third-order valence-corrected chi connectivity index (χ3v) is 5.60. The van der Waals surface area contributed by atoms with Crippen LogP contribution in [-0.2, 0) is 15.1 Å². The van der Waals surface area contributed by atoms with Crippen molar-refractivity contribution in [3.8, 4) is 0 Å². The summed E-state index contributed by atoms with van der Waals surface area (Å²) in [6.45, 7) is 1.78. The molecule has 2 heterocycles. The predicted molar refractivity (Wildman–Crippen MR) is 152 cm³/mol. The van der Waals surface area contributed by atoms with Gasteiger partial charge in [-0.25, -0.2) is 0 Å². The minimum absolute atomic E-state index is 0.220. The molecule has 0 radical (unpaired) electrons. The molecule has 2 aliphatic heterocycles. The van der Waals surface area contributed by atoms with Crippen LogP contribution >= 0.6 is 0 Å². The van der Waals surface area contributed by atoms with Gasteiger partial charge in [-0.2, -0.15) is 0 Å². The van der Waals surface area contributed by atoms with Crippen LogP contribution < -0.4 is 0 Å². The van der Waals surface area contributed by atoms with E-state index < -0.39 is 0 Å². The monoisotopic (exact) mass is 490 g/mol. The minimum atomic E-state index is -0.220. The Balaban J connectivity index is 0.000000206. The van der Waals surface area contributed by atoms with Crippen LogP contribution in [0.2, 0.25) is 0 Å². The molecule has 2 saturated heterocycles. The summed E-state index contributed by atoms with van der Waals surface area (Å²) in [4.78, 5) is 4.00. The topological polar surface area (TPSA) is 24.9 Å². The van der Waals surface area contributed by atoms with Gasteiger partial charge in [0.1, 0.15) is 5.60 Å². The number of ether oxygens (including phenoxy) is 2. The lowest BCUT2D eigenvalue weighted by atomic mass is 9.84. The Kier molecular flexibility index (Phi) is 13.4. The molecule has 3 aromatic rings. The second kappa shape index (κ2) is 16.3. The molecule has 1 atom stereocenters. The molecule has 4 nitrogen and oxygen atoms in total. The molecular formula is C32H46N2O2. The molecule has 196 valence electrons. The Hall–Kier alpha value is -2.50. The molecule has 1 unspecified atom stereocenters. The normalized spacial score (nSPS) is 17.8. The van der Waals surface area contributed by atoms with Gasteiger partial charge in [-0.3, -0.25) is 0 Å². The SMILES string of the molecule is CN(C)C.CN(C)C.c1ccc(C2(c3ccccc3)CCCO2)cc1.c1ccc(C2CCCO2)cc1. The molecule has 0 amide bonds. The van der Waals surface area contributed by atoms with Crippen LogP contribution in [0.5, 0.6) is 0 Å². The molecule has 0 aromatic heterocycles. The summed E-state index contributed by atoms with van der Waals surface area (Å²) in [5.41, 5.74) is 3.64. The minimum Gasteiger partial charge on any atom is -0.374 e. The molecule has 0 N–H and O–H groups in total. The van der Waals surface area contributed by atoms with Crippen molar-refractivity contribution >= 4 is 0 Å². The molecule has 0 bridgehead atoms. The van der Waals surface area contributed by atoms with Crippen molar-refractivity contribution in [2.75, 3.05) is 55.5 Å². The van der Waals surface area contributed by atoms with Crippen molar-refractivity contribution < 1.29 is 9.47 Å². The summed E-state index contributed by atoms with van der Waals surface area (Å²) in [7, 11) is 12.0. The first-order valence-electron chi connectivity index (χ1n) is 13.0. The zero-order valence-corrected chi connectivity index (χ0v) is 23.2. The first-order valence-corrected chi connectivity index (χ1v) is 13.0. The fraction of sp³-hybridized carbons (Fsp3) is 0.438. The van der Waals surface area contributed by atoms with Crippen LogP contribution in [0.1, 0.15) is 48.5 Å². The van der Waals surface area contributed by atoms with Gasteiger partial charge >= 0.3 is 0 Å². The van der Waals surface area contributed by atoms with E-state index in [1.807, 2.05) is 58.2 Å². The molecule has 4 heteroatoms. The van der Waals surface area contributed by atoms with E-state index in [2.05, 4.69) is 84.9 Å². The maximum Gasteiger partial charge on any atom is 0.118 e. The van der Waals surface area contributed by atoms with Crippen molar-refractivity contribution in [1.29, 1.82) is 0 Å². The molecule has 0 saturated carbocycles. The highest BCUT2D eigenvalue weighted by Gasteiger charge is 2.38. The van der Waals surface area contributed by atoms with E-state index in [4.69, 9.17) is 9.47 Å². The molecule has 0 spiro atoms. The zero-order valence-electron chi connectivity index (χ0n) is 23.2. The summed E-state index contributed by atoms with van der Waals surface area (Å²) in [6.07, 6.45) is 4.96. The van der Waals surface area contributed by atoms with Gasteiger partial charge in [-0.1, -0.05) is 91.0 Å². The third kappa shape index (κ3) is 10.2. The van der Waals surface area contributed by atoms with Gasteiger partial charge in [-0.05, 0) is 84.7 Å². The largest absolute Gasteiger partial charge is 0.374 e. The Labute approximate surface area is 219 Å². The average Bonchev–Trinajstić information content (AvgIpc) is 3.59. The standard InChI is InChI=1S/C16H16O.C10H12O.2C3H9N/c1-3-8-14(9-4-1)16(12-7-13-17-16)15-10-5-2-6-11-15;1-2-5-9(6-3-1)10-7-4-8-11-10;2*1-4(2)3/h1-6,8-11H,7,12-13H2;1-3,5-6,10H,4,7-8H2;2*1-3H3. The second-order valence-electron chi connectivity index (χ2n) is 10.1. The van der Waals surface area contributed by atoms with Crippen LogP contribution in [0.25, 0.3) is 0 Å². The van der Waals surface area contributed by atoms with Crippen LogP contribution in [0.4, 0.5) is 0 Å². The third-order valence-electron chi connectivity index (χ3n) is 5.60. The van der Waals surface area contributed by atoms with E-state index in [9.17, 15) is 0 Å². The number of hydrogen-bond donors (Lipinski definition) is 0. The molecule has 5 rings (SSSR count). The summed E-state index contributed by atoms with van der Waals surface area (Å²) >= 11 is 0. The number of rotatable bonds is 3. The maximum absolute atomic E-state index is 6.11. The lowest BCUT2D eigenvalue weighted by Gasteiger charge is -2.29. The van der Waals surface area contributed by atoms with Crippen molar-refractivity contribution in [2.45, 2.75) is 37.4 Å². The van der Waals surface area contributed by atoms with E-state index in [1.165, 1.54) is 29.5 Å². The molecule has 2 aliphatic rings. The van der Waals surface area contributed by atoms with Crippen molar-refractivity contribution in [3.63, 3.8) is 0 Å². The van der Waals surface area contributed by atoms with Gasteiger partial charge in [0.15, 0.2) is 0 Å². The van der Waals surface area contributed by atoms with Gasteiger partial charge in [0.25, 0.3) is 0 Å². The fourth-order valence-electron chi connectivity index (χ4n) is 4.18. The van der Waals surface area contributed by atoms with E-state index in [0.29, 0.717) is 6.10 Å². The van der Waals surface area contributed by atoms with Crippen LogP contribution in [0, 0.1) is 0 Å². The molecule has 3 aromatic carbocycles. The van der Waals surface area contributed by atoms with E-state index in [0.717, 1.165) is 26.1 Å². The Morgan fingerprint density at radius 3 is 1.42 bits per heavy atom. The first kappa shape index (κ1) is 29.7. The maximum atomic E-state index is 6.11. The number of nitrogens with zero attached hydrogens (tertiary/aromatic N) is 2. The Morgan fingerprint density at radius 1 is 0.611 bits per heavy atom. The van der Waals surface area contributed by atoms with E-state index in [-0.39, 0.29) is 5.60 Å². The number of hydrogen-bond acceptors (Lipinski definition) is 4. The molecule has 2 fully saturated rings. The van der Waals surface area contributed by atoms with Crippen molar-refractivity contribution in [1.82, 2.24) is 9.80 Å². The van der Waals surface area contributed by atoms with Crippen LogP contribution in [-0.4, -0.2) is 65.3 Å². The van der Waals surface area contributed by atoms with Crippen molar-refractivity contribution in [2.24, 2.45) is 0 Å². The quantitative estimate of drug-likeness (QED) is 0.411.